The molecule has 1 aliphatic rings. The molecule has 0 radical (unpaired) electrons. The first kappa shape index (κ1) is 28.8. The second-order valence-corrected chi connectivity index (χ2v) is 7.48. The minimum Gasteiger partial charge on any atom is -0.464 e. The van der Waals surface area contributed by atoms with Crippen LogP contribution >= 0.6 is 0 Å². The molecule has 192 valence electrons. The molecule has 34 heavy (non-hydrogen) atoms. The Morgan fingerprint density at radius 3 is 1.97 bits per heavy atom. The molecule has 0 aliphatic carbocycles. The predicted octanol–water partition coefficient (Wildman–Crippen LogP) is -0.430. The Kier molecular flexibility index (Phi) is 11.4. The maximum Gasteiger partial charge on any atom is 0.335 e. The van der Waals surface area contributed by atoms with Crippen LogP contribution in [0.25, 0.3) is 0 Å². The van der Waals surface area contributed by atoms with Gasteiger partial charge in [0, 0.05) is 41.0 Å². The van der Waals surface area contributed by atoms with Crippen LogP contribution in [0.15, 0.2) is 0 Å². The molecular weight excluding hydrogens is 458 g/mol. The molecule has 1 amide bonds. The summed E-state index contributed by atoms with van der Waals surface area (Å²) < 4.78 is 31.7. The fourth-order valence-electron chi connectivity index (χ4n) is 3.47. The predicted molar refractivity (Wildman–Crippen MR) is 111 cm³/mol. The van der Waals surface area contributed by atoms with E-state index in [2.05, 4.69) is 5.32 Å². The summed E-state index contributed by atoms with van der Waals surface area (Å²) in [6.07, 6.45) is -6.78. The van der Waals surface area contributed by atoms with Crippen molar-refractivity contribution in [3.05, 3.63) is 0 Å². The van der Waals surface area contributed by atoms with E-state index in [1.54, 1.807) is 6.92 Å². The molecule has 1 saturated heterocycles. The van der Waals surface area contributed by atoms with Gasteiger partial charge in [0.15, 0.2) is 18.3 Å². The smallest absolute Gasteiger partial charge is 0.335 e. The van der Waals surface area contributed by atoms with Crippen LogP contribution in [0.3, 0.4) is 0 Å². The Bertz CT molecular complexity index is 782. The Hall–Kier alpha value is -3.22. The van der Waals surface area contributed by atoms with E-state index in [0.717, 1.165) is 27.7 Å². The number of amides is 1. The summed E-state index contributed by atoms with van der Waals surface area (Å²) in [5.74, 6) is -4.35. The van der Waals surface area contributed by atoms with Crippen molar-refractivity contribution in [1.82, 2.24) is 5.32 Å². The summed E-state index contributed by atoms with van der Waals surface area (Å²) in [5, 5.41) is 2.57. The van der Waals surface area contributed by atoms with E-state index in [1.165, 1.54) is 6.92 Å². The molecule has 0 saturated carbocycles. The standard InChI is InChI=1S/C21H31NO12/c1-7-29-21(28)16-8-15(31-12(4)25)18(22-10(2)23)20(34-16)19(33-14(6)27)17(32-13(5)26)9-30-11(3)24/h15-20H,7-9H2,1-6H3,(H,22,23)/t15-,16-,17+,18+,19+,20+/m0/s1. The van der Waals surface area contributed by atoms with E-state index in [0.29, 0.717) is 0 Å². The van der Waals surface area contributed by atoms with Crippen molar-refractivity contribution in [2.24, 2.45) is 0 Å². The van der Waals surface area contributed by atoms with Crippen LogP contribution in [0.2, 0.25) is 0 Å². The topological polar surface area (TPSA) is 170 Å². The summed E-state index contributed by atoms with van der Waals surface area (Å²) in [6.45, 7) is 6.71. The summed E-state index contributed by atoms with van der Waals surface area (Å²) in [5.41, 5.74) is 0. The lowest BCUT2D eigenvalue weighted by atomic mass is 9.89. The molecule has 0 aromatic carbocycles. The van der Waals surface area contributed by atoms with Gasteiger partial charge in [-0.3, -0.25) is 24.0 Å². The van der Waals surface area contributed by atoms with Crippen LogP contribution in [-0.4, -0.2) is 85.5 Å². The highest BCUT2D eigenvalue weighted by Gasteiger charge is 2.51. The largest absolute Gasteiger partial charge is 0.464 e. The van der Waals surface area contributed by atoms with Gasteiger partial charge in [0.2, 0.25) is 5.91 Å². The Labute approximate surface area is 196 Å². The van der Waals surface area contributed by atoms with Crippen molar-refractivity contribution in [2.75, 3.05) is 13.2 Å². The minimum absolute atomic E-state index is 0.0343. The third-order valence-corrected chi connectivity index (χ3v) is 4.52. The fraction of sp³-hybridized carbons (Fsp3) is 0.714. The zero-order valence-corrected chi connectivity index (χ0v) is 20.0. The monoisotopic (exact) mass is 489 g/mol. The molecule has 1 aliphatic heterocycles. The molecule has 0 bridgehead atoms. The molecule has 1 N–H and O–H groups in total. The van der Waals surface area contributed by atoms with Gasteiger partial charge in [0.25, 0.3) is 0 Å². The van der Waals surface area contributed by atoms with Crippen LogP contribution in [0.4, 0.5) is 0 Å². The third-order valence-electron chi connectivity index (χ3n) is 4.52. The normalized spacial score (nSPS) is 23.5. The second-order valence-electron chi connectivity index (χ2n) is 7.48. The lowest BCUT2D eigenvalue weighted by molar-refractivity contribution is -0.218. The maximum absolute atomic E-state index is 12.5. The van der Waals surface area contributed by atoms with Crippen LogP contribution in [0, 0.1) is 0 Å². The van der Waals surface area contributed by atoms with Crippen molar-refractivity contribution >= 4 is 35.8 Å². The Morgan fingerprint density at radius 2 is 1.50 bits per heavy atom. The third kappa shape index (κ3) is 9.33. The number of esters is 5. The number of hydrogen-bond donors (Lipinski definition) is 1. The molecule has 1 rings (SSSR count). The van der Waals surface area contributed by atoms with Crippen LogP contribution < -0.4 is 5.32 Å². The van der Waals surface area contributed by atoms with E-state index >= 15 is 0 Å². The SMILES string of the molecule is CCOC(=O)[C@@H]1C[C@H](OC(C)=O)[C@@H](NC(C)=O)[C@H]([C@H](OC(C)=O)[C@@H](COC(C)=O)OC(C)=O)O1. The van der Waals surface area contributed by atoms with Crippen molar-refractivity contribution in [2.45, 2.75) is 84.5 Å². The zero-order chi connectivity index (χ0) is 26.0. The van der Waals surface area contributed by atoms with Gasteiger partial charge in [-0.1, -0.05) is 0 Å². The Morgan fingerprint density at radius 1 is 0.882 bits per heavy atom. The molecule has 0 unspecified atom stereocenters. The maximum atomic E-state index is 12.5. The molecule has 13 heteroatoms. The lowest BCUT2D eigenvalue weighted by Gasteiger charge is -2.44. The molecule has 0 spiro atoms. The molecule has 6 atom stereocenters. The summed E-state index contributed by atoms with van der Waals surface area (Å²) in [6, 6.07) is -1.13. The van der Waals surface area contributed by atoms with Crippen LogP contribution in [0.5, 0.6) is 0 Å². The van der Waals surface area contributed by atoms with Crippen LogP contribution in [0.1, 0.15) is 48.0 Å². The molecular formula is C21H31NO12. The number of carbonyl (C=O) groups excluding carboxylic acids is 6. The first-order valence-electron chi connectivity index (χ1n) is 10.6. The van der Waals surface area contributed by atoms with E-state index < -0.39 is 78.9 Å². The number of ether oxygens (including phenoxy) is 6. The minimum atomic E-state index is -1.48. The van der Waals surface area contributed by atoms with Gasteiger partial charge in [-0.15, -0.1) is 0 Å². The van der Waals surface area contributed by atoms with Gasteiger partial charge in [-0.05, 0) is 6.92 Å². The summed E-state index contributed by atoms with van der Waals surface area (Å²) in [7, 11) is 0. The quantitative estimate of drug-likeness (QED) is 0.311. The van der Waals surface area contributed by atoms with E-state index in [1.807, 2.05) is 0 Å². The molecule has 13 nitrogen and oxygen atoms in total. The Balaban J connectivity index is 3.54. The summed E-state index contributed by atoms with van der Waals surface area (Å²) in [4.78, 5) is 71.2. The van der Waals surface area contributed by atoms with Gasteiger partial charge in [0.1, 0.15) is 18.8 Å². The number of rotatable bonds is 10. The van der Waals surface area contributed by atoms with Gasteiger partial charge in [-0.25, -0.2) is 4.79 Å². The summed E-state index contributed by atoms with van der Waals surface area (Å²) >= 11 is 0. The first-order chi connectivity index (χ1) is 15.8. The molecule has 0 aromatic rings. The molecule has 0 aromatic heterocycles. The van der Waals surface area contributed by atoms with Crippen LogP contribution in [-0.2, 0) is 57.2 Å². The fourth-order valence-corrected chi connectivity index (χ4v) is 3.47. The second kappa shape index (κ2) is 13.5. The van der Waals surface area contributed by atoms with Crippen molar-refractivity contribution in [3.63, 3.8) is 0 Å². The number of carbonyl (C=O) groups is 6. The van der Waals surface area contributed by atoms with E-state index in [9.17, 15) is 28.8 Å². The highest BCUT2D eigenvalue weighted by molar-refractivity contribution is 5.76. The van der Waals surface area contributed by atoms with E-state index in [-0.39, 0.29) is 13.0 Å². The van der Waals surface area contributed by atoms with E-state index in [4.69, 9.17) is 28.4 Å². The van der Waals surface area contributed by atoms with Crippen molar-refractivity contribution in [3.8, 4) is 0 Å². The van der Waals surface area contributed by atoms with Gasteiger partial charge < -0.3 is 33.7 Å². The number of hydrogen-bond acceptors (Lipinski definition) is 12. The van der Waals surface area contributed by atoms with Gasteiger partial charge in [-0.2, -0.15) is 0 Å². The molecule has 1 fully saturated rings. The zero-order valence-electron chi connectivity index (χ0n) is 20.0. The van der Waals surface area contributed by atoms with Crippen molar-refractivity contribution < 1.29 is 57.2 Å². The van der Waals surface area contributed by atoms with Crippen molar-refractivity contribution in [1.29, 1.82) is 0 Å². The van der Waals surface area contributed by atoms with Gasteiger partial charge in [0.05, 0.1) is 12.6 Å². The highest BCUT2D eigenvalue weighted by Crippen LogP contribution is 2.29. The highest BCUT2D eigenvalue weighted by atomic mass is 16.6. The first-order valence-corrected chi connectivity index (χ1v) is 10.6. The molecule has 1 heterocycles. The number of nitrogens with one attached hydrogen (secondary N) is 1. The average molecular weight is 489 g/mol. The lowest BCUT2D eigenvalue weighted by Crippen LogP contribution is -2.65. The average Bonchev–Trinajstić information content (AvgIpc) is 2.69. The van der Waals surface area contributed by atoms with Gasteiger partial charge >= 0.3 is 29.8 Å².